The number of nitrogens with one attached hydrogen (secondary N) is 2. The molecule has 0 bridgehead atoms. The van der Waals surface area contributed by atoms with Gasteiger partial charge in [-0.25, -0.2) is 13.1 Å². The molecule has 23 heavy (non-hydrogen) atoms. The van der Waals surface area contributed by atoms with Gasteiger partial charge in [0.1, 0.15) is 0 Å². The number of rotatable bonds is 7. The van der Waals surface area contributed by atoms with Gasteiger partial charge in [-0.3, -0.25) is 0 Å². The molecule has 2 rings (SSSR count). The average Bonchev–Trinajstić information content (AvgIpc) is 2.55. The number of ether oxygens (including phenoxy) is 2. The highest BCUT2D eigenvalue weighted by Gasteiger charge is 2.21. The van der Waals surface area contributed by atoms with E-state index in [-0.39, 0.29) is 4.90 Å². The number of sulfonamides is 1. The first kappa shape index (κ1) is 18.0. The summed E-state index contributed by atoms with van der Waals surface area (Å²) in [5.74, 6) is 1.48. The number of piperidine rings is 1. The van der Waals surface area contributed by atoms with E-state index in [0.717, 1.165) is 32.4 Å². The Bertz CT molecular complexity index is 625. The Morgan fingerprint density at radius 1 is 1.26 bits per heavy atom. The zero-order valence-corrected chi connectivity index (χ0v) is 14.8. The molecule has 1 aliphatic rings. The molecule has 1 aliphatic heterocycles. The van der Waals surface area contributed by atoms with E-state index in [2.05, 4.69) is 10.0 Å². The number of benzene rings is 1. The summed E-state index contributed by atoms with van der Waals surface area (Å²) in [6.45, 7) is 4.23. The largest absolute Gasteiger partial charge is 0.493 e. The summed E-state index contributed by atoms with van der Waals surface area (Å²) < 4.78 is 38.2. The third-order valence-electron chi connectivity index (χ3n) is 4.21. The van der Waals surface area contributed by atoms with E-state index >= 15 is 0 Å². The van der Waals surface area contributed by atoms with Gasteiger partial charge < -0.3 is 14.8 Å². The van der Waals surface area contributed by atoms with Crippen LogP contribution in [0.15, 0.2) is 17.0 Å². The summed E-state index contributed by atoms with van der Waals surface area (Å²) in [4.78, 5) is 0.233. The maximum atomic E-state index is 12.5. The van der Waals surface area contributed by atoms with Gasteiger partial charge in [0.2, 0.25) is 10.0 Å². The molecule has 1 saturated heterocycles. The van der Waals surface area contributed by atoms with Crippen molar-refractivity contribution in [2.24, 2.45) is 5.92 Å². The van der Waals surface area contributed by atoms with Gasteiger partial charge in [-0.2, -0.15) is 0 Å². The van der Waals surface area contributed by atoms with Crippen LogP contribution in [0.1, 0.15) is 24.8 Å². The molecular formula is C16H26N2O4S. The Hall–Kier alpha value is -1.31. The fourth-order valence-electron chi connectivity index (χ4n) is 2.90. The lowest BCUT2D eigenvalue weighted by molar-refractivity contribution is 0.353. The number of methoxy groups -OCH3 is 2. The standard InChI is InChI=1S/C16H26N2O4S/c1-12-9-14(21-2)15(22-3)10-16(12)23(19,20)18-8-6-13-5-4-7-17-11-13/h9-10,13,17-18H,4-8,11H2,1-3H3. The Kier molecular flexibility index (Phi) is 6.26. The van der Waals surface area contributed by atoms with Crippen molar-refractivity contribution in [2.45, 2.75) is 31.1 Å². The molecule has 1 heterocycles. The van der Waals surface area contributed by atoms with Crippen molar-refractivity contribution in [2.75, 3.05) is 33.9 Å². The molecule has 0 aromatic heterocycles. The van der Waals surface area contributed by atoms with Gasteiger partial charge in [-0.15, -0.1) is 0 Å². The van der Waals surface area contributed by atoms with Crippen LogP contribution in [-0.2, 0) is 10.0 Å². The first-order chi connectivity index (χ1) is 11.0. The summed E-state index contributed by atoms with van der Waals surface area (Å²) >= 11 is 0. The third kappa shape index (κ3) is 4.59. The first-order valence-corrected chi connectivity index (χ1v) is 9.39. The number of aryl methyl sites for hydroxylation is 1. The molecule has 2 N–H and O–H groups in total. The minimum atomic E-state index is -3.56. The smallest absolute Gasteiger partial charge is 0.240 e. The van der Waals surface area contributed by atoms with Crippen LogP contribution >= 0.6 is 0 Å². The Morgan fingerprint density at radius 2 is 1.96 bits per heavy atom. The van der Waals surface area contributed by atoms with Crippen molar-refractivity contribution in [3.05, 3.63) is 17.7 Å². The van der Waals surface area contributed by atoms with Gasteiger partial charge in [0.05, 0.1) is 19.1 Å². The highest BCUT2D eigenvalue weighted by molar-refractivity contribution is 7.89. The van der Waals surface area contributed by atoms with Gasteiger partial charge in [0, 0.05) is 12.6 Å². The van der Waals surface area contributed by atoms with Crippen molar-refractivity contribution in [1.82, 2.24) is 10.0 Å². The maximum absolute atomic E-state index is 12.5. The van der Waals surface area contributed by atoms with Crippen LogP contribution < -0.4 is 19.5 Å². The minimum Gasteiger partial charge on any atom is -0.493 e. The predicted molar refractivity (Wildman–Crippen MR) is 89.7 cm³/mol. The Morgan fingerprint density at radius 3 is 2.57 bits per heavy atom. The highest BCUT2D eigenvalue weighted by atomic mass is 32.2. The minimum absolute atomic E-state index is 0.233. The quantitative estimate of drug-likeness (QED) is 0.788. The van der Waals surface area contributed by atoms with Crippen LogP contribution in [0.5, 0.6) is 11.5 Å². The topological polar surface area (TPSA) is 76.7 Å². The molecule has 130 valence electrons. The fourth-order valence-corrected chi connectivity index (χ4v) is 4.18. The van der Waals surface area contributed by atoms with Crippen LogP contribution in [0.4, 0.5) is 0 Å². The molecule has 0 radical (unpaired) electrons. The van der Waals surface area contributed by atoms with Crippen molar-refractivity contribution in [3.8, 4) is 11.5 Å². The molecule has 0 spiro atoms. The number of hydrogen-bond acceptors (Lipinski definition) is 5. The molecule has 1 aromatic rings. The number of hydrogen-bond donors (Lipinski definition) is 2. The van der Waals surface area contributed by atoms with Crippen LogP contribution in [-0.4, -0.2) is 42.3 Å². The molecular weight excluding hydrogens is 316 g/mol. The van der Waals surface area contributed by atoms with E-state index in [1.54, 1.807) is 13.0 Å². The molecule has 6 nitrogen and oxygen atoms in total. The second kappa shape index (κ2) is 7.99. The van der Waals surface area contributed by atoms with Crippen molar-refractivity contribution >= 4 is 10.0 Å². The van der Waals surface area contributed by atoms with Crippen molar-refractivity contribution < 1.29 is 17.9 Å². The second-order valence-electron chi connectivity index (χ2n) is 5.87. The molecule has 1 fully saturated rings. The van der Waals surface area contributed by atoms with E-state index in [9.17, 15) is 8.42 Å². The van der Waals surface area contributed by atoms with E-state index in [1.165, 1.54) is 20.3 Å². The monoisotopic (exact) mass is 342 g/mol. The van der Waals surface area contributed by atoms with Crippen LogP contribution in [0.2, 0.25) is 0 Å². The fraction of sp³-hybridized carbons (Fsp3) is 0.625. The van der Waals surface area contributed by atoms with E-state index in [4.69, 9.17) is 9.47 Å². The van der Waals surface area contributed by atoms with Crippen molar-refractivity contribution in [1.29, 1.82) is 0 Å². The normalized spacial score (nSPS) is 18.7. The summed E-state index contributed by atoms with van der Waals surface area (Å²) in [6, 6.07) is 3.19. The van der Waals surface area contributed by atoms with Crippen LogP contribution in [0, 0.1) is 12.8 Å². The third-order valence-corrected chi connectivity index (χ3v) is 5.82. The molecule has 0 saturated carbocycles. The van der Waals surface area contributed by atoms with Gasteiger partial charge in [-0.05, 0) is 56.8 Å². The molecule has 1 unspecified atom stereocenters. The maximum Gasteiger partial charge on any atom is 0.240 e. The Balaban J connectivity index is 2.06. The average molecular weight is 342 g/mol. The van der Waals surface area contributed by atoms with Gasteiger partial charge in [-0.1, -0.05) is 0 Å². The van der Waals surface area contributed by atoms with E-state index < -0.39 is 10.0 Å². The molecule has 0 amide bonds. The van der Waals surface area contributed by atoms with Crippen molar-refractivity contribution in [3.63, 3.8) is 0 Å². The predicted octanol–water partition coefficient (Wildman–Crippen LogP) is 1.68. The summed E-state index contributed by atoms with van der Waals surface area (Å²) in [6.07, 6.45) is 3.16. The second-order valence-corrected chi connectivity index (χ2v) is 7.61. The highest BCUT2D eigenvalue weighted by Crippen LogP contribution is 2.32. The molecule has 7 heteroatoms. The van der Waals surface area contributed by atoms with Crippen LogP contribution in [0.3, 0.4) is 0 Å². The van der Waals surface area contributed by atoms with Crippen LogP contribution in [0.25, 0.3) is 0 Å². The van der Waals surface area contributed by atoms with E-state index in [0.29, 0.717) is 29.5 Å². The zero-order valence-electron chi connectivity index (χ0n) is 14.0. The lowest BCUT2D eigenvalue weighted by Gasteiger charge is -2.22. The summed E-state index contributed by atoms with van der Waals surface area (Å²) in [5.41, 5.74) is 0.634. The van der Waals surface area contributed by atoms with Gasteiger partial charge in [0.15, 0.2) is 11.5 Å². The Labute approximate surface area is 138 Å². The van der Waals surface area contributed by atoms with Gasteiger partial charge >= 0.3 is 0 Å². The molecule has 0 aliphatic carbocycles. The lowest BCUT2D eigenvalue weighted by Crippen LogP contribution is -2.33. The zero-order chi connectivity index (χ0) is 16.9. The van der Waals surface area contributed by atoms with Gasteiger partial charge in [0.25, 0.3) is 0 Å². The molecule has 1 aromatic carbocycles. The first-order valence-electron chi connectivity index (χ1n) is 7.91. The lowest BCUT2D eigenvalue weighted by atomic mass is 9.96. The summed E-state index contributed by atoms with van der Waals surface area (Å²) in [7, 11) is -0.532. The SMILES string of the molecule is COc1cc(C)c(S(=O)(=O)NCCC2CCCNC2)cc1OC. The molecule has 1 atom stereocenters. The van der Waals surface area contributed by atoms with E-state index in [1.807, 2.05) is 0 Å². The summed E-state index contributed by atoms with van der Waals surface area (Å²) in [5, 5.41) is 3.34.